The van der Waals surface area contributed by atoms with Crippen LogP contribution in [0.2, 0.25) is 0 Å². The number of piperazine rings is 1. The molecule has 6 heteroatoms. The Morgan fingerprint density at radius 2 is 2.14 bits per heavy atom. The zero-order valence-corrected chi connectivity index (χ0v) is 13.1. The number of amides is 1. The van der Waals surface area contributed by atoms with Gasteiger partial charge in [0.1, 0.15) is 5.82 Å². The third kappa shape index (κ3) is 6.42. The van der Waals surface area contributed by atoms with Crippen molar-refractivity contribution in [3.05, 3.63) is 35.6 Å². The zero-order valence-electron chi connectivity index (χ0n) is 12.3. The molecule has 118 valence electrons. The number of rotatable bonds is 5. The van der Waals surface area contributed by atoms with E-state index in [9.17, 15) is 9.18 Å². The molecule has 2 rings (SSSR count). The van der Waals surface area contributed by atoms with Gasteiger partial charge < -0.3 is 10.6 Å². The second kappa shape index (κ2) is 8.97. The van der Waals surface area contributed by atoms with E-state index in [1.165, 1.54) is 12.1 Å². The summed E-state index contributed by atoms with van der Waals surface area (Å²) >= 11 is 0. The van der Waals surface area contributed by atoms with Crippen LogP contribution >= 0.6 is 12.4 Å². The molecule has 1 saturated heterocycles. The van der Waals surface area contributed by atoms with Gasteiger partial charge in [-0.05, 0) is 31.0 Å². The van der Waals surface area contributed by atoms with Crippen LogP contribution in [0.3, 0.4) is 0 Å². The number of halogens is 2. The van der Waals surface area contributed by atoms with Crippen molar-refractivity contribution in [3.63, 3.8) is 0 Å². The third-order valence-corrected chi connectivity index (χ3v) is 3.47. The summed E-state index contributed by atoms with van der Waals surface area (Å²) in [6, 6.07) is 6.83. The van der Waals surface area contributed by atoms with Crippen molar-refractivity contribution in [2.24, 2.45) is 0 Å². The maximum Gasteiger partial charge on any atom is 0.234 e. The monoisotopic (exact) mass is 315 g/mol. The highest BCUT2D eigenvalue weighted by atomic mass is 35.5. The summed E-state index contributed by atoms with van der Waals surface area (Å²) in [4.78, 5) is 14.0. The summed E-state index contributed by atoms with van der Waals surface area (Å²) in [7, 11) is 0. The number of nitrogens with zero attached hydrogens (tertiary/aromatic N) is 1. The lowest BCUT2D eigenvalue weighted by molar-refractivity contribution is -0.122. The minimum absolute atomic E-state index is 0. The van der Waals surface area contributed by atoms with E-state index < -0.39 is 0 Å². The van der Waals surface area contributed by atoms with Gasteiger partial charge in [-0.2, -0.15) is 0 Å². The average Bonchev–Trinajstić information content (AvgIpc) is 2.41. The Morgan fingerprint density at radius 3 is 2.81 bits per heavy atom. The van der Waals surface area contributed by atoms with Gasteiger partial charge in [-0.15, -0.1) is 12.4 Å². The SMILES string of the molecule is CC1CN(CC(=O)NCCc2ccc(F)cc2)CCN1.Cl. The molecule has 4 nitrogen and oxygen atoms in total. The van der Waals surface area contributed by atoms with E-state index in [1.807, 2.05) is 0 Å². The van der Waals surface area contributed by atoms with Crippen molar-refractivity contribution in [2.45, 2.75) is 19.4 Å². The molecule has 0 aliphatic carbocycles. The number of carbonyl (C=O) groups excluding carboxylic acids is 1. The Labute approximate surface area is 131 Å². The Kier molecular flexibility index (Phi) is 7.64. The lowest BCUT2D eigenvalue weighted by Gasteiger charge is -2.31. The molecule has 2 N–H and O–H groups in total. The quantitative estimate of drug-likeness (QED) is 0.858. The molecule has 0 spiro atoms. The van der Waals surface area contributed by atoms with Gasteiger partial charge in [-0.25, -0.2) is 4.39 Å². The second-order valence-electron chi connectivity index (χ2n) is 5.32. The molecule has 1 aliphatic rings. The normalized spacial score (nSPS) is 18.9. The van der Waals surface area contributed by atoms with Crippen LogP contribution in [0.15, 0.2) is 24.3 Å². The molecule has 1 heterocycles. The Morgan fingerprint density at radius 1 is 1.43 bits per heavy atom. The molecule has 21 heavy (non-hydrogen) atoms. The maximum absolute atomic E-state index is 12.7. The first-order valence-corrected chi connectivity index (χ1v) is 7.10. The van der Waals surface area contributed by atoms with Crippen LogP contribution in [0, 0.1) is 5.82 Å². The van der Waals surface area contributed by atoms with Crippen molar-refractivity contribution in [2.75, 3.05) is 32.7 Å². The van der Waals surface area contributed by atoms with Gasteiger partial charge in [-0.1, -0.05) is 12.1 Å². The molecule has 0 radical (unpaired) electrons. The van der Waals surface area contributed by atoms with E-state index in [0.29, 0.717) is 19.1 Å². The summed E-state index contributed by atoms with van der Waals surface area (Å²) in [5.41, 5.74) is 1.03. The molecule has 1 fully saturated rings. The number of hydrogen-bond donors (Lipinski definition) is 2. The van der Waals surface area contributed by atoms with E-state index in [4.69, 9.17) is 0 Å². The largest absolute Gasteiger partial charge is 0.355 e. The van der Waals surface area contributed by atoms with E-state index in [2.05, 4.69) is 22.5 Å². The fourth-order valence-electron chi connectivity index (χ4n) is 2.41. The van der Waals surface area contributed by atoms with Crippen LogP contribution in [0.1, 0.15) is 12.5 Å². The molecular formula is C15H23ClFN3O. The van der Waals surface area contributed by atoms with Crippen LogP contribution < -0.4 is 10.6 Å². The van der Waals surface area contributed by atoms with Crippen LogP contribution in [0.4, 0.5) is 4.39 Å². The molecule has 1 amide bonds. The smallest absolute Gasteiger partial charge is 0.234 e. The van der Waals surface area contributed by atoms with E-state index >= 15 is 0 Å². The molecule has 0 aromatic heterocycles. The minimum atomic E-state index is -0.231. The predicted molar refractivity (Wildman–Crippen MR) is 84.3 cm³/mol. The van der Waals surface area contributed by atoms with Gasteiger partial charge in [0, 0.05) is 32.2 Å². The van der Waals surface area contributed by atoms with Crippen LogP contribution in [-0.2, 0) is 11.2 Å². The number of carbonyl (C=O) groups is 1. The van der Waals surface area contributed by atoms with Gasteiger partial charge >= 0.3 is 0 Å². The van der Waals surface area contributed by atoms with Crippen LogP contribution in [0.25, 0.3) is 0 Å². The van der Waals surface area contributed by atoms with E-state index in [0.717, 1.165) is 31.6 Å². The molecule has 1 aromatic carbocycles. The molecule has 1 aromatic rings. The standard InChI is InChI=1S/C15H22FN3O.ClH/c1-12-10-19(9-8-17-12)11-15(20)18-7-6-13-2-4-14(16)5-3-13;/h2-5,12,17H,6-11H2,1H3,(H,18,20);1H. The molecule has 1 atom stereocenters. The number of hydrogen-bond acceptors (Lipinski definition) is 3. The third-order valence-electron chi connectivity index (χ3n) is 3.47. The van der Waals surface area contributed by atoms with Crippen LogP contribution in [-0.4, -0.2) is 49.6 Å². The van der Waals surface area contributed by atoms with E-state index in [-0.39, 0.29) is 24.1 Å². The first kappa shape index (κ1) is 17.9. The second-order valence-corrected chi connectivity index (χ2v) is 5.32. The summed E-state index contributed by atoms with van der Waals surface area (Å²) in [5, 5.41) is 6.26. The number of nitrogens with one attached hydrogen (secondary N) is 2. The molecule has 1 unspecified atom stereocenters. The van der Waals surface area contributed by atoms with Crippen molar-refractivity contribution in [1.29, 1.82) is 0 Å². The molecule has 1 aliphatic heterocycles. The Hall–Kier alpha value is -1.17. The van der Waals surface area contributed by atoms with Gasteiger partial charge in [0.25, 0.3) is 0 Å². The first-order valence-electron chi connectivity index (χ1n) is 7.10. The first-order chi connectivity index (χ1) is 9.63. The van der Waals surface area contributed by atoms with E-state index in [1.54, 1.807) is 12.1 Å². The molecular weight excluding hydrogens is 293 g/mol. The van der Waals surface area contributed by atoms with Gasteiger partial charge in [-0.3, -0.25) is 9.69 Å². The summed E-state index contributed by atoms with van der Waals surface area (Å²) < 4.78 is 12.7. The summed E-state index contributed by atoms with van der Waals surface area (Å²) in [6.45, 7) is 5.92. The Balaban J connectivity index is 0.00000220. The lowest BCUT2D eigenvalue weighted by atomic mass is 10.1. The van der Waals surface area contributed by atoms with Crippen molar-refractivity contribution < 1.29 is 9.18 Å². The van der Waals surface area contributed by atoms with Crippen molar-refractivity contribution in [3.8, 4) is 0 Å². The molecule has 0 saturated carbocycles. The highest BCUT2D eigenvalue weighted by Gasteiger charge is 2.17. The predicted octanol–water partition coefficient (Wildman–Crippen LogP) is 1.20. The van der Waals surface area contributed by atoms with Crippen molar-refractivity contribution in [1.82, 2.24) is 15.5 Å². The van der Waals surface area contributed by atoms with Gasteiger partial charge in [0.2, 0.25) is 5.91 Å². The Bertz CT molecular complexity index is 441. The topological polar surface area (TPSA) is 44.4 Å². The van der Waals surface area contributed by atoms with Crippen LogP contribution in [0.5, 0.6) is 0 Å². The summed E-state index contributed by atoms with van der Waals surface area (Å²) in [5.74, 6) is -0.174. The minimum Gasteiger partial charge on any atom is -0.355 e. The highest BCUT2D eigenvalue weighted by Crippen LogP contribution is 2.03. The van der Waals surface area contributed by atoms with Crippen molar-refractivity contribution >= 4 is 18.3 Å². The number of benzene rings is 1. The highest BCUT2D eigenvalue weighted by molar-refractivity contribution is 5.85. The lowest BCUT2D eigenvalue weighted by Crippen LogP contribution is -2.51. The average molecular weight is 316 g/mol. The van der Waals surface area contributed by atoms with Gasteiger partial charge in [0.15, 0.2) is 0 Å². The molecule has 0 bridgehead atoms. The summed E-state index contributed by atoms with van der Waals surface area (Å²) in [6.07, 6.45) is 0.726. The maximum atomic E-state index is 12.7. The fraction of sp³-hybridized carbons (Fsp3) is 0.533. The fourth-order valence-corrected chi connectivity index (χ4v) is 2.41. The zero-order chi connectivity index (χ0) is 14.4. The van der Waals surface area contributed by atoms with Gasteiger partial charge in [0.05, 0.1) is 6.54 Å².